The molecule has 1 fully saturated rings. The SMILES string of the molecule is Cc1ccc(S(=O)(=O)N2C(=O)CCC2C(=O)Nc2ccc(I)cc2)cc1. The molecule has 26 heavy (non-hydrogen) atoms. The average molecular weight is 484 g/mol. The van der Waals surface area contributed by atoms with Gasteiger partial charge in [0.15, 0.2) is 0 Å². The van der Waals surface area contributed by atoms with Crippen molar-refractivity contribution in [2.45, 2.75) is 30.7 Å². The summed E-state index contributed by atoms with van der Waals surface area (Å²) in [7, 11) is -4.08. The van der Waals surface area contributed by atoms with Gasteiger partial charge in [-0.2, -0.15) is 0 Å². The van der Waals surface area contributed by atoms with Crippen molar-refractivity contribution in [1.29, 1.82) is 0 Å². The molecule has 0 radical (unpaired) electrons. The van der Waals surface area contributed by atoms with Crippen LogP contribution in [0.15, 0.2) is 53.4 Å². The molecule has 0 spiro atoms. The molecule has 1 unspecified atom stereocenters. The average Bonchev–Trinajstić information content (AvgIpc) is 3.00. The van der Waals surface area contributed by atoms with Crippen LogP contribution in [0.5, 0.6) is 0 Å². The fourth-order valence-corrected chi connectivity index (χ4v) is 4.75. The van der Waals surface area contributed by atoms with E-state index in [0.29, 0.717) is 5.69 Å². The molecule has 1 aliphatic heterocycles. The molecule has 2 amide bonds. The molecule has 3 rings (SSSR count). The number of rotatable bonds is 4. The standard InChI is InChI=1S/C18H17IN2O4S/c1-12-2-8-15(9-3-12)26(24,25)21-16(10-11-17(21)22)18(23)20-14-6-4-13(19)5-7-14/h2-9,16H,10-11H2,1H3,(H,20,23). The van der Waals surface area contributed by atoms with E-state index in [-0.39, 0.29) is 17.7 Å². The van der Waals surface area contributed by atoms with Crippen molar-refractivity contribution in [2.75, 3.05) is 5.32 Å². The minimum absolute atomic E-state index is 0.00501. The lowest BCUT2D eigenvalue weighted by atomic mass is 10.2. The van der Waals surface area contributed by atoms with Crippen molar-refractivity contribution in [3.63, 3.8) is 0 Å². The number of nitrogens with zero attached hydrogens (tertiary/aromatic N) is 1. The van der Waals surface area contributed by atoms with Gasteiger partial charge in [-0.05, 0) is 72.3 Å². The second kappa shape index (κ2) is 7.36. The highest BCUT2D eigenvalue weighted by Crippen LogP contribution is 2.28. The van der Waals surface area contributed by atoms with Gasteiger partial charge in [0.05, 0.1) is 4.90 Å². The number of nitrogens with one attached hydrogen (secondary N) is 1. The molecular formula is C18H17IN2O4S. The van der Waals surface area contributed by atoms with Gasteiger partial charge in [0.2, 0.25) is 11.8 Å². The second-order valence-corrected chi connectivity index (χ2v) is 9.12. The molecule has 2 aromatic rings. The minimum atomic E-state index is -4.08. The van der Waals surface area contributed by atoms with Crippen LogP contribution < -0.4 is 5.32 Å². The topological polar surface area (TPSA) is 83.6 Å². The molecule has 1 atom stereocenters. The van der Waals surface area contributed by atoms with E-state index in [9.17, 15) is 18.0 Å². The number of amides is 2. The minimum Gasteiger partial charge on any atom is -0.324 e. The van der Waals surface area contributed by atoms with Crippen molar-refractivity contribution >= 4 is 50.1 Å². The van der Waals surface area contributed by atoms with Crippen molar-refractivity contribution in [1.82, 2.24) is 4.31 Å². The van der Waals surface area contributed by atoms with Crippen molar-refractivity contribution in [3.8, 4) is 0 Å². The molecule has 1 aliphatic rings. The number of benzene rings is 2. The first-order valence-corrected chi connectivity index (χ1v) is 10.5. The third-order valence-corrected chi connectivity index (χ3v) is 6.72. The van der Waals surface area contributed by atoms with Crippen LogP contribution in [0.3, 0.4) is 0 Å². The van der Waals surface area contributed by atoms with E-state index < -0.39 is 27.9 Å². The highest BCUT2D eigenvalue weighted by molar-refractivity contribution is 14.1. The molecular weight excluding hydrogens is 467 g/mol. The Bertz CT molecular complexity index is 940. The van der Waals surface area contributed by atoms with Crippen molar-refractivity contribution < 1.29 is 18.0 Å². The molecule has 136 valence electrons. The fourth-order valence-electron chi connectivity index (χ4n) is 2.78. The van der Waals surface area contributed by atoms with Crippen LogP contribution in [0.25, 0.3) is 0 Å². The molecule has 0 aromatic heterocycles. The zero-order chi connectivity index (χ0) is 18.9. The van der Waals surface area contributed by atoms with Crippen LogP contribution in [-0.4, -0.2) is 30.6 Å². The fraction of sp³-hybridized carbons (Fsp3) is 0.222. The first-order valence-electron chi connectivity index (χ1n) is 7.99. The van der Waals surface area contributed by atoms with Gasteiger partial charge in [0.25, 0.3) is 10.0 Å². The number of carbonyl (C=O) groups excluding carboxylic acids is 2. The number of aryl methyl sites for hydroxylation is 1. The van der Waals surface area contributed by atoms with Crippen LogP contribution in [0.1, 0.15) is 18.4 Å². The molecule has 8 heteroatoms. The number of carbonyl (C=O) groups is 2. The van der Waals surface area contributed by atoms with E-state index in [1.165, 1.54) is 12.1 Å². The Morgan fingerprint density at radius 2 is 1.73 bits per heavy atom. The zero-order valence-corrected chi connectivity index (χ0v) is 17.0. The maximum absolute atomic E-state index is 12.9. The predicted molar refractivity (Wildman–Crippen MR) is 106 cm³/mol. The van der Waals surface area contributed by atoms with Gasteiger partial charge in [0, 0.05) is 15.7 Å². The molecule has 0 saturated carbocycles. The van der Waals surface area contributed by atoms with E-state index >= 15 is 0 Å². The van der Waals surface area contributed by atoms with Gasteiger partial charge in [-0.25, -0.2) is 12.7 Å². The summed E-state index contributed by atoms with van der Waals surface area (Å²) in [4.78, 5) is 24.9. The smallest absolute Gasteiger partial charge is 0.267 e. The lowest BCUT2D eigenvalue weighted by Gasteiger charge is -2.23. The second-order valence-electron chi connectivity index (χ2n) is 6.06. The van der Waals surface area contributed by atoms with Crippen LogP contribution in [0, 0.1) is 10.5 Å². The van der Waals surface area contributed by atoms with E-state index in [0.717, 1.165) is 13.4 Å². The van der Waals surface area contributed by atoms with Crippen LogP contribution in [0.4, 0.5) is 5.69 Å². The predicted octanol–water partition coefficient (Wildman–Crippen LogP) is 2.92. The summed E-state index contributed by atoms with van der Waals surface area (Å²) < 4.78 is 27.5. The molecule has 1 saturated heterocycles. The lowest BCUT2D eigenvalue weighted by molar-refractivity contribution is -0.128. The Labute approximate surface area is 165 Å². The largest absolute Gasteiger partial charge is 0.324 e. The highest BCUT2D eigenvalue weighted by Gasteiger charge is 2.44. The Hall–Kier alpha value is -1.94. The summed E-state index contributed by atoms with van der Waals surface area (Å²) in [5, 5.41) is 2.69. The van der Waals surface area contributed by atoms with E-state index in [1.807, 2.05) is 19.1 Å². The summed E-state index contributed by atoms with van der Waals surface area (Å²) in [6.07, 6.45) is 0.190. The van der Waals surface area contributed by atoms with E-state index in [2.05, 4.69) is 27.9 Å². The molecule has 1 heterocycles. The van der Waals surface area contributed by atoms with E-state index in [4.69, 9.17) is 0 Å². The molecule has 0 aliphatic carbocycles. The Morgan fingerprint density at radius 1 is 1.12 bits per heavy atom. The summed E-state index contributed by atoms with van der Waals surface area (Å²) >= 11 is 2.15. The van der Waals surface area contributed by atoms with Crippen LogP contribution in [-0.2, 0) is 19.6 Å². The zero-order valence-electron chi connectivity index (χ0n) is 14.0. The summed E-state index contributed by atoms with van der Waals surface area (Å²) in [5.74, 6) is -1.07. The summed E-state index contributed by atoms with van der Waals surface area (Å²) in [6, 6.07) is 12.3. The van der Waals surface area contributed by atoms with E-state index in [1.54, 1.807) is 24.3 Å². The third-order valence-electron chi connectivity index (χ3n) is 4.15. The lowest BCUT2D eigenvalue weighted by Crippen LogP contribution is -2.45. The number of sulfonamides is 1. The van der Waals surface area contributed by atoms with Crippen LogP contribution in [0.2, 0.25) is 0 Å². The normalized spacial score (nSPS) is 17.4. The quantitative estimate of drug-likeness (QED) is 0.677. The number of hydrogen-bond donors (Lipinski definition) is 1. The molecule has 2 aromatic carbocycles. The summed E-state index contributed by atoms with van der Waals surface area (Å²) in [6.45, 7) is 1.84. The number of hydrogen-bond acceptors (Lipinski definition) is 4. The molecule has 0 bridgehead atoms. The Kier molecular flexibility index (Phi) is 5.33. The molecule has 6 nitrogen and oxygen atoms in total. The number of halogens is 1. The van der Waals surface area contributed by atoms with Crippen molar-refractivity contribution in [3.05, 3.63) is 57.7 Å². The van der Waals surface area contributed by atoms with Crippen molar-refractivity contribution in [2.24, 2.45) is 0 Å². The van der Waals surface area contributed by atoms with Gasteiger partial charge < -0.3 is 5.32 Å². The maximum atomic E-state index is 12.9. The van der Waals surface area contributed by atoms with Crippen LogP contribution >= 0.6 is 22.6 Å². The summed E-state index contributed by atoms with van der Waals surface area (Å²) in [5.41, 5.74) is 1.46. The third kappa shape index (κ3) is 3.75. The van der Waals surface area contributed by atoms with Gasteiger partial charge in [-0.1, -0.05) is 17.7 Å². The maximum Gasteiger partial charge on any atom is 0.267 e. The highest BCUT2D eigenvalue weighted by atomic mass is 127. The monoisotopic (exact) mass is 484 g/mol. The Morgan fingerprint density at radius 3 is 2.35 bits per heavy atom. The van der Waals surface area contributed by atoms with Gasteiger partial charge in [-0.3, -0.25) is 9.59 Å². The Balaban J connectivity index is 1.87. The van der Waals surface area contributed by atoms with Gasteiger partial charge in [-0.15, -0.1) is 0 Å². The number of anilines is 1. The van der Waals surface area contributed by atoms with Gasteiger partial charge in [0.1, 0.15) is 6.04 Å². The van der Waals surface area contributed by atoms with Gasteiger partial charge >= 0.3 is 0 Å². The molecule has 1 N–H and O–H groups in total. The first kappa shape index (κ1) is 18.8. The first-order chi connectivity index (χ1) is 12.3.